The van der Waals surface area contributed by atoms with Crippen molar-refractivity contribution < 1.29 is 13.2 Å². The van der Waals surface area contributed by atoms with Gasteiger partial charge in [-0.3, -0.25) is 4.79 Å². The zero-order chi connectivity index (χ0) is 16.6. The highest BCUT2D eigenvalue weighted by molar-refractivity contribution is 9.10. The summed E-state index contributed by atoms with van der Waals surface area (Å²) in [5, 5.41) is 5.59. The molecule has 0 fully saturated rings. The zero-order valence-corrected chi connectivity index (χ0v) is 14.5. The molecule has 0 aromatic heterocycles. The molecule has 1 aliphatic heterocycles. The Kier molecular flexibility index (Phi) is 4.13. The lowest BCUT2D eigenvalue weighted by atomic mass is 10.2. The number of sulfonamides is 1. The average molecular weight is 396 g/mol. The molecule has 0 aliphatic carbocycles. The second-order valence-corrected chi connectivity index (χ2v) is 7.79. The van der Waals surface area contributed by atoms with Crippen LogP contribution in [-0.4, -0.2) is 20.5 Å². The number of amides is 1. The number of hydrogen-bond acceptors (Lipinski definition) is 4. The Bertz CT molecular complexity index is 866. The van der Waals surface area contributed by atoms with Crippen molar-refractivity contribution in [3.8, 4) is 0 Å². The molecular weight excluding hydrogens is 382 g/mol. The molecule has 0 saturated heterocycles. The molecule has 1 aliphatic rings. The fraction of sp³-hybridized carbons (Fsp3) is 0.133. The second-order valence-electron chi connectivity index (χ2n) is 5.19. The molecule has 3 N–H and O–H groups in total. The lowest BCUT2D eigenvalue weighted by Gasteiger charge is -2.27. The number of aryl methyl sites for hydroxylation is 1. The number of fused-ring (bicyclic) bond motifs is 1. The van der Waals surface area contributed by atoms with E-state index in [9.17, 15) is 13.2 Å². The van der Waals surface area contributed by atoms with E-state index >= 15 is 0 Å². The first-order valence-corrected chi connectivity index (χ1v) is 9.09. The molecule has 2 aromatic carbocycles. The van der Waals surface area contributed by atoms with E-state index < -0.39 is 22.1 Å². The van der Waals surface area contributed by atoms with Gasteiger partial charge in [0.05, 0.1) is 5.69 Å². The molecular formula is C15H14BrN3O3S. The molecule has 1 atom stereocenters. The van der Waals surface area contributed by atoms with E-state index in [1.54, 1.807) is 36.4 Å². The van der Waals surface area contributed by atoms with Crippen LogP contribution in [0.25, 0.3) is 0 Å². The molecule has 0 spiro atoms. The number of hydrogen-bond donors (Lipinski definition) is 3. The largest absolute Gasteiger partial charge is 0.360 e. The van der Waals surface area contributed by atoms with Gasteiger partial charge in [0.2, 0.25) is 10.0 Å². The Morgan fingerprint density at radius 3 is 2.57 bits per heavy atom. The fourth-order valence-electron chi connectivity index (χ4n) is 2.26. The highest BCUT2D eigenvalue weighted by atomic mass is 79.9. The topological polar surface area (TPSA) is 87.3 Å². The Morgan fingerprint density at radius 1 is 1.17 bits per heavy atom. The summed E-state index contributed by atoms with van der Waals surface area (Å²) in [7, 11) is -3.73. The van der Waals surface area contributed by atoms with E-state index in [2.05, 4.69) is 31.3 Å². The van der Waals surface area contributed by atoms with Gasteiger partial charge in [0.25, 0.3) is 5.91 Å². The number of halogens is 1. The van der Waals surface area contributed by atoms with Crippen molar-refractivity contribution in [2.45, 2.75) is 18.0 Å². The van der Waals surface area contributed by atoms with E-state index in [0.29, 0.717) is 11.4 Å². The quantitative estimate of drug-likeness (QED) is 0.728. The number of nitrogens with one attached hydrogen (secondary N) is 3. The van der Waals surface area contributed by atoms with Crippen LogP contribution in [0.5, 0.6) is 0 Å². The van der Waals surface area contributed by atoms with Crippen molar-refractivity contribution in [1.82, 2.24) is 4.72 Å². The normalized spacial score (nSPS) is 18.6. The van der Waals surface area contributed by atoms with Crippen molar-refractivity contribution >= 4 is 43.2 Å². The summed E-state index contributed by atoms with van der Waals surface area (Å²) in [4.78, 5) is 12.5. The van der Waals surface area contributed by atoms with Crippen LogP contribution >= 0.6 is 15.9 Å². The van der Waals surface area contributed by atoms with Gasteiger partial charge in [0, 0.05) is 10.2 Å². The Hall–Kier alpha value is -1.90. The van der Waals surface area contributed by atoms with E-state index in [0.717, 1.165) is 10.0 Å². The van der Waals surface area contributed by atoms with E-state index in [-0.39, 0.29) is 4.90 Å². The summed E-state index contributed by atoms with van der Waals surface area (Å²) in [6.45, 7) is 1.85. The van der Waals surface area contributed by atoms with Crippen molar-refractivity contribution in [3.05, 3.63) is 52.5 Å². The van der Waals surface area contributed by atoms with Gasteiger partial charge in [0.1, 0.15) is 4.90 Å². The molecule has 23 heavy (non-hydrogen) atoms. The molecule has 0 saturated carbocycles. The molecule has 0 bridgehead atoms. The molecule has 1 unspecified atom stereocenters. The van der Waals surface area contributed by atoms with E-state index in [4.69, 9.17) is 0 Å². The minimum Gasteiger partial charge on any atom is -0.360 e. The maximum atomic E-state index is 12.3. The van der Waals surface area contributed by atoms with Gasteiger partial charge in [-0.15, -0.1) is 0 Å². The van der Waals surface area contributed by atoms with Crippen LogP contribution in [0.15, 0.2) is 51.8 Å². The van der Waals surface area contributed by atoms with E-state index in [1.807, 2.05) is 6.92 Å². The molecule has 1 amide bonds. The number of carbonyl (C=O) groups is 1. The lowest BCUT2D eigenvalue weighted by molar-refractivity contribution is -0.117. The minimum atomic E-state index is -3.73. The number of anilines is 2. The molecule has 0 radical (unpaired) electrons. The third-order valence-electron chi connectivity index (χ3n) is 3.37. The summed E-state index contributed by atoms with van der Waals surface area (Å²) in [5.74, 6) is -0.483. The molecule has 3 rings (SSSR count). The Balaban J connectivity index is 1.84. The molecule has 2 aromatic rings. The van der Waals surface area contributed by atoms with Gasteiger partial charge in [-0.25, -0.2) is 8.42 Å². The summed E-state index contributed by atoms with van der Waals surface area (Å²) in [5.41, 5.74) is 1.90. The van der Waals surface area contributed by atoms with Crippen molar-refractivity contribution in [1.29, 1.82) is 0 Å². The van der Waals surface area contributed by atoms with Gasteiger partial charge >= 0.3 is 0 Å². The fourth-order valence-corrected chi connectivity index (χ4v) is 3.78. The molecule has 1 heterocycles. The van der Waals surface area contributed by atoms with Crippen LogP contribution in [0.3, 0.4) is 0 Å². The molecule has 120 valence electrons. The van der Waals surface area contributed by atoms with Crippen molar-refractivity contribution in [3.63, 3.8) is 0 Å². The summed E-state index contributed by atoms with van der Waals surface area (Å²) in [6, 6.07) is 11.9. The van der Waals surface area contributed by atoms with Crippen LogP contribution in [0.1, 0.15) is 5.56 Å². The average Bonchev–Trinajstić information content (AvgIpc) is 2.48. The number of rotatable bonds is 2. The van der Waals surface area contributed by atoms with Crippen LogP contribution in [0.4, 0.5) is 11.4 Å². The van der Waals surface area contributed by atoms with Crippen LogP contribution in [0.2, 0.25) is 0 Å². The van der Waals surface area contributed by atoms with Crippen molar-refractivity contribution in [2.24, 2.45) is 0 Å². The minimum absolute atomic E-state index is 0.135. The van der Waals surface area contributed by atoms with Crippen molar-refractivity contribution in [2.75, 3.05) is 10.6 Å². The van der Waals surface area contributed by atoms with Crippen LogP contribution in [-0.2, 0) is 14.8 Å². The molecule has 8 heteroatoms. The Labute approximate surface area is 142 Å². The summed E-state index contributed by atoms with van der Waals surface area (Å²) in [6.07, 6.45) is -1.07. The van der Waals surface area contributed by atoms with Gasteiger partial charge in [-0.05, 0) is 48.9 Å². The van der Waals surface area contributed by atoms with E-state index in [1.165, 1.54) is 6.07 Å². The summed E-state index contributed by atoms with van der Waals surface area (Å²) >= 11 is 3.31. The lowest BCUT2D eigenvalue weighted by Crippen LogP contribution is -2.51. The predicted octanol–water partition coefficient (Wildman–Crippen LogP) is 2.43. The van der Waals surface area contributed by atoms with Crippen LogP contribution in [0, 0.1) is 6.92 Å². The van der Waals surface area contributed by atoms with Gasteiger partial charge < -0.3 is 10.6 Å². The number of carbonyl (C=O) groups excluding carboxylic acids is 1. The van der Waals surface area contributed by atoms with Crippen LogP contribution < -0.4 is 15.4 Å². The van der Waals surface area contributed by atoms with Gasteiger partial charge in [-0.2, -0.15) is 4.72 Å². The predicted molar refractivity (Wildman–Crippen MR) is 91.7 cm³/mol. The maximum Gasteiger partial charge on any atom is 0.262 e. The SMILES string of the molecule is Cc1ccc2c(c1)NC(C(=O)Nc1ccc(Br)cc1)NS2(=O)=O. The van der Waals surface area contributed by atoms with Gasteiger partial charge in [-0.1, -0.05) is 22.0 Å². The standard InChI is InChI=1S/C15H14BrN3O3S/c1-9-2-7-13-12(8-9)18-14(19-23(13,21)22)15(20)17-11-5-3-10(16)4-6-11/h2-8,14,18-19H,1H3,(H,17,20). The Morgan fingerprint density at radius 2 is 1.87 bits per heavy atom. The highest BCUT2D eigenvalue weighted by Crippen LogP contribution is 2.27. The maximum absolute atomic E-state index is 12.3. The second kappa shape index (κ2) is 5.95. The zero-order valence-electron chi connectivity index (χ0n) is 12.1. The van der Waals surface area contributed by atoms with Gasteiger partial charge in [0.15, 0.2) is 6.17 Å². The summed E-state index contributed by atoms with van der Waals surface area (Å²) < 4.78 is 27.7. The molecule has 6 nitrogen and oxygen atoms in total. The smallest absolute Gasteiger partial charge is 0.262 e. The monoisotopic (exact) mass is 395 g/mol. The first-order valence-electron chi connectivity index (χ1n) is 6.81. The highest BCUT2D eigenvalue weighted by Gasteiger charge is 2.33. The first kappa shape index (κ1) is 16.0. The number of benzene rings is 2. The third-order valence-corrected chi connectivity index (χ3v) is 5.38. The third kappa shape index (κ3) is 3.39. The first-order chi connectivity index (χ1) is 10.8.